The predicted molar refractivity (Wildman–Crippen MR) is 85.2 cm³/mol. The molecule has 1 aromatic carbocycles. The SMILES string of the molecule is CCNC(CC)CCCn1ccc2ccccc2c1=O. The monoisotopic (exact) mass is 272 g/mol. The lowest BCUT2D eigenvalue weighted by Crippen LogP contribution is -2.28. The molecule has 1 unspecified atom stereocenters. The van der Waals surface area contributed by atoms with Crippen LogP contribution >= 0.6 is 0 Å². The van der Waals surface area contributed by atoms with Crippen LogP contribution in [0.15, 0.2) is 41.3 Å². The zero-order chi connectivity index (χ0) is 14.4. The van der Waals surface area contributed by atoms with Crippen molar-refractivity contribution in [3.8, 4) is 0 Å². The fourth-order valence-corrected chi connectivity index (χ4v) is 2.65. The second-order valence-corrected chi connectivity index (χ2v) is 5.21. The number of nitrogens with zero attached hydrogens (tertiary/aromatic N) is 1. The third-order valence-electron chi connectivity index (χ3n) is 3.82. The van der Waals surface area contributed by atoms with Gasteiger partial charge in [0.15, 0.2) is 0 Å². The Morgan fingerprint density at radius 2 is 2.00 bits per heavy atom. The summed E-state index contributed by atoms with van der Waals surface area (Å²) in [6, 6.07) is 10.4. The second kappa shape index (κ2) is 7.25. The van der Waals surface area contributed by atoms with E-state index in [1.165, 1.54) is 0 Å². The summed E-state index contributed by atoms with van der Waals surface area (Å²) in [5.74, 6) is 0. The summed E-state index contributed by atoms with van der Waals surface area (Å²) in [6.07, 6.45) is 5.20. The van der Waals surface area contributed by atoms with E-state index in [2.05, 4.69) is 19.2 Å². The van der Waals surface area contributed by atoms with Crippen LogP contribution in [-0.4, -0.2) is 17.2 Å². The third-order valence-corrected chi connectivity index (χ3v) is 3.82. The van der Waals surface area contributed by atoms with Crippen LogP contribution in [0.25, 0.3) is 10.8 Å². The Bertz CT molecular complexity index is 603. The average molecular weight is 272 g/mol. The molecular formula is C17H24N2O. The van der Waals surface area contributed by atoms with Crippen molar-refractivity contribution >= 4 is 10.8 Å². The van der Waals surface area contributed by atoms with E-state index in [4.69, 9.17) is 0 Å². The Labute approximate surface area is 120 Å². The minimum absolute atomic E-state index is 0.125. The molecule has 108 valence electrons. The van der Waals surface area contributed by atoms with Gasteiger partial charge in [-0.1, -0.05) is 32.0 Å². The summed E-state index contributed by atoms with van der Waals surface area (Å²) < 4.78 is 1.83. The lowest BCUT2D eigenvalue weighted by atomic mass is 10.1. The summed E-state index contributed by atoms with van der Waals surface area (Å²) in [7, 11) is 0. The Hall–Kier alpha value is -1.61. The van der Waals surface area contributed by atoms with E-state index in [0.717, 1.165) is 43.1 Å². The molecule has 1 atom stereocenters. The zero-order valence-electron chi connectivity index (χ0n) is 12.4. The molecule has 0 saturated carbocycles. The largest absolute Gasteiger partial charge is 0.315 e. The number of aryl methyl sites for hydroxylation is 1. The van der Waals surface area contributed by atoms with Gasteiger partial charge in [-0.3, -0.25) is 4.79 Å². The molecule has 0 aliphatic rings. The van der Waals surface area contributed by atoms with Crippen molar-refractivity contribution in [2.24, 2.45) is 0 Å². The third kappa shape index (κ3) is 3.48. The Kier molecular flexibility index (Phi) is 5.36. The summed E-state index contributed by atoms with van der Waals surface area (Å²) >= 11 is 0. The van der Waals surface area contributed by atoms with Crippen molar-refractivity contribution in [1.29, 1.82) is 0 Å². The first-order chi connectivity index (χ1) is 9.76. The van der Waals surface area contributed by atoms with Crippen LogP contribution in [0.2, 0.25) is 0 Å². The highest BCUT2D eigenvalue weighted by Gasteiger charge is 2.05. The van der Waals surface area contributed by atoms with Crippen LogP contribution < -0.4 is 10.9 Å². The van der Waals surface area contributed by atoms with Gasteiger partial charge >= 0.3 is 0 Å². The number of fused-ring (bicyclic) bond motifs is 1. The van der Waals surface area contributed by atoms with Crippen molar-refractivity contribution < 1.29 is 0 Å². The molecule has 1 aromatic heterocycles. The molecular weight excluding hydrogens is 248 g/mol. The van der Waals surface area contributed by atoms with Gasteiger partial charge in [-0.05, 0) is 43.3 Å². The molecule has 0 aliphatic heterocycles. The second-order valence-electron chi connectivity index (χ2n) is 5.21. The molecule has 0 spiro atoms. The summed E-state index contributed by atoms with van der Waals surface area (Å²) in [5.41, 5.74) is 0.125. The van der Waals surface area contributed by atoms with Crippen molar-refractivity contribution in [3.05, 3.63) is 46.9 Å². The molecule has 3 nitrogen and oxygen atoms in total. The molecule has 0 aliphatic carbocycles. The summed E-state index contributed by atoms with van der Waals surface area (Å²) in [4.78, 5) is 12.3. The smallest absolute Gasteiger partial charge is 0.258 e. The molecule has 20 heavy (non-hydrogen) atoms. The van der Waals surface area contributed by atoms with Crippen molar-refractivity contribution in [1.82, 2.24) is 9.88 Å². The zero-order valence-corrected chi connectivity index (χ0v) is 12.4. The maximum absolute atomic E-state index is 12.3. The number of rotatable bonds is 7. The van der Waals surface area contributed by atoms with Crippen LogP contribution in [0.3, 0.4) is 0 Å². The number of hydrogen-bond donors (Lipinski definition) is 1. The summed E-state index contributed by atoms with van der Waals surface area (Å²) in [6.45, 7) is 6.14. The van der Waals surface area contributed by atoms with Gasteiger partial charge in [-0.2, -0.15) is 0 Å². The predicted octanol–water partition coefficient (Wildman–Crippen LogP) is 3.17. The highest BCUT2D eigenvalue weighted by Crippen LogP contribution is 2.09. The molecule has 0 amide bonds. The maximum atomic E-state index is 12.3. The molecule has 2 aromatic rings. The lowest BCUT2D eigenvalue weighted by molar-refractivity contribution is 0.447. The lowest BCUT2D eigenvalue weighted by Gasteiger charge is -2.16. The Morgan fingerprint density at radius 1 is 1.20 bits per heavy atom. The van der Waals surface area contributed by atoms with Gasteiger partial charge < -0.3 is 9.88 Å². The number of nitrogens with one attached hydrogen (secondary N) is 1. The van der Waals surface area contributed by atoms with Crippen LogP contribution in [0.1, 0.15) is 33.1 Å². The average Bonchev–Trinajstić information content (AvgIpc) is 2.49. The molecule has 1 heterocycles. The minimum Gasteiger partial charge on any atom is -0.315 e. The normalized spacial score (nSPS) is 12.7. The number of benzene rings is 1. The molecule has 0 saturated heterocycles. The summed E-state index contributed by atoms with van der Waals surface area (Å²) in [5, 5.41) is 5.31. The first-order valence-corrected chi connectivity index (χ1v) is 7.57. The van der Waals surface area contributed by atoms with Crippen molar-refractivity contribution in [2.45, 2.75) is 45.7 Å². The highest BCUT2D eigenvalue weighted by molar-refractivity contribution is 5.81. The molecule has 1 N–H and O–H groups in total. The standard InChI is InChI=1S/C17H24N2O/c1-3-15(18-4-2)9-7-12-19-13-11-14-8-5-6-10-16(14)17(19)20/h5-6,8,10-11,13,15,18H,3-4,7,9,12H2,1-2H3. The van der Waals surface area contributed by atoms with E-state index in [1.54, 1.807) is 0 Å². The van der Waals surface area contributed by atoms with Gasteiger partial charge in [0.25, 0.3) is 5.56 Å². The Morgan fingerprint density at radius 3 is 2.75 bits per heavy atom. The fourth-order valence-electron chi connectivity index (χ4n) is 2.65. The number of aromatic nitrogens is 1. The van der Waals surface area contributed by atoms with E-state index >= 15 is 0 Å². The van der Waals surface area contributed by atoms with Gasteiger partial charge in [0, 0.05) is 24.2 Å². The quantitative estimate of drug-likeness (QED) is 0.840. The van der Waals surface area contributed by atoms with E-state index < -0.39 is 0 Å². The van der Waals surface area contributed by atoms with Gasteiger partial charge in [0.1, 0.15) is 0 Å². The number of hydrogen-bond acceptors (Lipinski definition) is 2. The van der Waals surface area contributed by atoms with E-state index in [1.807, 2.05) is 41.1 Å². The highest BCUT2D eigenvalue weighted by atomic mass is 16.1. The maximum Gasteiger partial charge on any atom is 0.258 e. The minimum atomic E-state index is 0.125. The van der Waals surface area contributed by atoms with E-state index in [0.29, 0.717) is 6.04 Å². The fraction of sp³-hybridized carbons (Fsp3) is 0.471. The first kappa shape index (κ1) is 14.8. The van der Waals surface area contributed by atoms with Gasteiger partial charge in [-0.15, -0.1) is 0 Å². The van der Waals surface area contributed by atoms with Gasteiger partial charge in [0.05, 0.1) is 0 Å². The van der Waals surface area contributed by atoms with Crippen LogP contribution in [0.5, 0.6) is 0 Å². The Balaban J connectivity index is 2.03. The topological polar surface area (TPSA) is 34.0 Å². The number of pyridine rings is 1. The molecule has 0 bridgehead atoms. The van der Waals surface area contributed by atoms with Crippen LogP contribution in [-0.2, 0) is 6.54 Å². The molecule has 2 rings (SSSR count). The van der Waals surface area contributed by atoms with Crippen LogP contribution in [0, 0.1) is 0 Å². The van der Waals surface area contributed by atoms with Crippen molar-refractivity contribution in [2.75, 3.05) is 6.54 Å². The van der Waals surface area contributed by atoms with E-state index in [-0.39, 0.29) is 5.56 Å². The molecule has 3 heteroatoms. The molecule has 0 radical (unpaired) electrons. The molecule has 0 fully saturated rings. The van der Waals surface area contributed by atoms with Crippen LogP contribution in [0.4, 0.5) is 0 Å². The first-order valence-electron chi connectivity index (χ1n) is 7.57. The van der Waals surface area contributed by atoms with Gasteiger partial charge in [0.2, 0.25) is 0 Å². The van der Waals surface area contributed by atoms with Crippen molar-refractivity contribution in [3.63, 3.8) is 0 Å². The van der Waals surface area contributed by atoms with Gasteiger partial charge in [-0.25, -0.2) is 0 Å². The van der Waals surface area contributed by atoms with E-state index in [9.17, 15) is 4.79 Å².